The molecule has 5 nitrogen and oxygen atoms in total. The standard InChI is InChI=1S/C12H22N4O/c1-12(2,3)11-14-10(15-17-11)8-16-6-4-5-9(13)7-16/h9H,4-8,13H2,1-3H3. The Morgan fingerprint density at radius 1 is 1.47 bits per heavy atom. The van der Waals surface area contributed by atoms with E-state index < -0.39 is 0 Å². The number of nitrogens with zero attached hydrogens (tertiary/aromatic N) is 3. The summed E-state index contributed by atoms with van der Waals surface area (Å²) in [4.78, 5) is 6.74. The van der Waals surface area contributed by atoms with E-state index in [4.69, 9.17) is 10.3 Å². The van der Waals surface area contributed by atoms with Crippen molar-refractivity contribution in [2.45, 2.75) is 51.6 Å². The van der Waals surface area contributed by atoms with E-state index in [0.29, 0.717) is 5.89 Å². The van der Waals surface area contributed by atoms with Crippen LogP contribution >= 0.6 is 0 Å². The lowest BCUT2D eigenvalue weighted by atomic mass is 9.97. The van der Waals surface area contributed by atoms with Crippen LogP contribution in [0.4, 0.5) is 0 Å². The molecule has 1 saturated heterocycles. The van der Waals surface area contributed by atoms with E-state index >= 15 is 0 Å². The highest BCUT2D eigenvalue weighted by atomic mass is 16.5. The average molecular weight is 238 g/mol. The van der Waals surface area contributed by atoms with Crippen molar-refractivity contribution in [3.8, 4) is 0 Å². The quantitative estimate of drug-likeness (QED) is 0.841. The van der Waals surface area contributed by atoms with Gasteiger partial charge in [0.2, 0.25) is 5.89 Å². The van der Waals surface area contributed by atoms with Crippen molar-refractivity contribution < 1.29 is 4.52 Å². The second-order valence-corrected chi connectivity index (χ2v) is 5.90. The van der Waals surface area contributed by atoms with Gasteiger partial charge in [0.15, 0.2) is 5.82 Å². The molecule has 0 aromatic carbocycles. The maximum Gasteiger partial charge on any atom is 0.232 e. The summed E-state index contributed by atoms with van der Waals surface area (Å²) in [7, 11) is 0. The predicted octanol–water partition coefficient (Wildman–Crippen LogP) is 1.29. The highest BCUT2D eigenvalue weighted by Crippen LogP contribution is 2.20. The van der Waals surface area contributed by atoms with E-state index in [2.05, 4.69) is 35.8 Å². The lowest BCUT2D eigenvalue weighted by Crippen LogP contribution is -2.42. The molecule has 0 amide bonds. The van der Waals surface area contributed by atoms with Crippen LogP contribution in [0.1, 0.15) is 45.3 Å². The van der Waals surface area contributed by atoms with Gasteiger partial charge in [0.25, 0.3) is 0 Å². The van der Waals surface area contributed by atoms with Crippen LogP contribution in [0.3, 0.4) is 0 Å². The van der Waals surface area contributed by atoms with Gasteiger partial charge in [0.1, 0.15) is 0 Å². The Balaban J connectivity index is 1.97. The van der Waals surface area contributed by atoms with Crippen LogP contribution in [0, 0.1) is 0 Å². The van der Waals surface area contributed by atoms with Crippen molar-refractivity contribution in [3.63, 3.8) is 0 Å². The first-order valence-corrected chi connectivity index (χ1v) is 6.26. The fraction of sp³-hybridized carbons (Fsp3) is 0.833. The minimum atomic E-state index is -0.0798. The number of nitrogens with two attached hydrogens (primary N) is 1. The second kappa shape index (κ2) is 4.74. The number of piperidine rings is 1. The van der Waals surface area contributed by atoms with Crippen LogP contribution in [0.5, 0.6) is 0 Å². The molecule has 5 heteroatoms. The molecule has 1 aromatic rings. The summed E-state index contributed by atoms with van der Waals surface area (Å²) in [6, 6.07) is 0.290. The minimum absolute atomic E-state index is 0.0798. The molecular weight excluding hydrogens is 216 g/mol. The summed E-state index contributed by atoms with van der Waals surface area (Å²) >= 11 is 0. The third-order valence-electron chi connectivity index (χ3n) is 3.02. The predicted molar refractivity (Wildman–Crippen MR) is 65.5 cm³/mol. The monoisotopic (exact) mass is 238 g/mol. The van der Waals surface area contributed by atoms with Gasteiger partial charge in [-0.25, -0.2) is 0 Å². The zero-order valence-electron chi connectivity index (χ0n) is 10.9. The molecule has 1 aliphatic heterocycles. The topological polar surface area (TPSA) is 68.2 Å². The molecule has 1 fully saturated rings. The van der Waals surface area contributed by atoms with E-state index in [1.807, 2.05) is 0 Å². The average Bonchev–Trinajstić information content (AvgIpc) is 2.65. The minimum Gasteiger partial charge on any atom is -0.339 e. The van der Waals surface area contributed by atoms with Crippen LogP contribution in [-0.4, -0.2) is 34.2 Å². The van der Waals surface area contributed by atoms with Crippen molar-refractivity contribution in [3.05, 3.63) is 11.7 Å². The van der Waals surface area contributed by atoms with Gasteiger partial charge >= 0.3 is 0 Å². The van der Waals surface area contributed by atoms with Crippen molar-refractivity contribution in [2.75, 3.05) is 13.1 Å². The largest absolute Gasteiger partial charge is 0.339 e. The van der Waals surface area contributed by atoms with Gasteiger partial charge in [-0.05, 0) is 19.4 Å². The Morgan fingerprint density at radius 3 is 2.82 bits per heavy atom. The summed E-state index contributed by atoms with van der Waals surface area (Å²) < 4.78 is 5.28. The summed E-state index contributed by atoms with van der Waals surface area (Å²) in [5, 5.41) is 4.03. The molecule has 17 heavy (non-hydrogen) atoms. The summed E-state index contributed by atoms with van der Waals surface area (Å²) in [5.74, 6) is 1.47. The summed E-state index contributed by atoms with van der Waals surface area (Å²) in [5.41, 5.74) is 5.87. The number of aromatic nitrogens is 2. The zero-order valence-corrected chi connectivity index (χ0v) is 10.9. The highest BCUT2D eigenvalue weighted by molar-refractivity contribution is 4.98. The fourth-order valence-electron chi connectivity index (χ4n) is 2.06. The SMILES string of the molecule is CC(C)(C)c1nc(CN2CCCC(N)C2)no1. The van der Waals surface area contributed by atoms with Gasteiger partial charge in [-0.3, -0.25) is 4.90 Å². The van der Waals surface area contributed by atoms with Gasteiger partial charge < -0.3 is 10.3 Å². The zero-order chi connectivity index (χ0) is 12.5. The number of rotatable bonds is 2. The molecule has 2 heterocycles. The van der Waals surface area contributed by atoms with Crippen LogP contribution in [0.15, 0.2) is 4.52 Å². The van der Waals surface area contributed by atoms with Crippen LogP contribution in [-0.2, 0) is 12.0 Å². The summed E-state index contributed by atoms with van der Waals surface area (Å²) in [6.07, 6.45) is 2.28. The van der Waals surface area contributed by atoms with Gasteiger partial charge in [0.05, 0.1) is 6.54 Å². The highest BCUT2D eigenvalue weighted by Gasteiger charge is 2.23. The molecule has 2 rings (SSSR count). The summed E-state index contributed by atoms with van der Waals surface area (Å²) in [6.45, 7) is 8.96. The van der Waals surface area contributed by atoms with Gasteiger partial charge in [-0.2, -0.15) is 4.98 Å². The third-order valence-corrected chi connectivity index (χ3v) is 3.02. The first kappa shape index (κ1) is 12.5. The number of hydrogen-bond donors (Lipinski definition) is 1. The smallest absolute Gasteiger partial charge is 0.232 e. The number of hydrogen-bond acceptors (Lipinski definition) is 5. The molecule has 0 saturated carbocycles. The van der Waals surface area contributed by atoms with Crippen molar-refractivity contribution in [2.24, 2.45) is 5.73 Å². The Hall–Kier alpha value is -0.940. The van der Waals surface area contributed by atoms with E-state index in [1.165, 1.54) is 0 Å². The molecule has 0 spiro atoms. The second-order valence-electron chi connectivity index (χ2n) is 5.90. The Labute approximate surface area is 102 Å². The maximum atomic E-state index is 5.95. The molecule has 0 radical (unpaired) electrons. The van der Waals surface area contributed by atoms with Crippen molar-refractivity contribution in [1.82, 2.24) is 15.0 Å². The molecule has 1 atom stereocenters. The molecular formula is C12H22N4O. The molecule has 1 unspecified atom stereocenters. The molecule has 1 aromatic heterocycles. The van der Waals surface area contributed by atoms with Crippen molar-refractivity contribution >= 4 is 0 Å². The Bertz CT molecular complexity index is 369. The third kappa shape index (κ3) is 3.26. The maximum absolute atomic E-state index is 5.95. The van der Waals surface area contributed by atoms with Crippen molar-refractivity contribution in [1.29, 1.82) is 0 Å². The van der Waals surface area contributed by atoms with Gasteiger partial charge in [0, 0.05) is 18.0 Å². The van der Waals surface area contributed by atoms with Crippen LogP contribution in [0.25, 0.3) is 0 Å². The fourth-order valence-corrected chi connectivity index (χ4v) is 2.06. The van der Waals surface area contributed by atoms with E-state index in [-0.39, 0.29) is 11.5 Å². The normalized spacial score (nSPS) is 22.9. The van der Waals surface area contributed by atoms with Gasteiger partial charge in [-0.15, -0.1) is 0 Å². The Morgan fingerprint density at radius 2 is 2.24 bits per heavy atom. The lowest BCUT2D eigenvalue weighted by molar-refractivity contribution is 0.194. The van der Waals surface area contributed by atoms with Gasteiger partial charge in [-0.1, -0.05) is 25.9 Å². The van der Waals surface area contributed by atoms with E-state index in [9.17, 15) is 0 Å². The molecule has 96 valence electrons. The van der Waals surface area contributed by atoms with E-state index in [1.54, 1.807) is 0 Å². The molecule has 1 aliphatic rings. The molecule has 0 bridgehead atoms. The lowest BCUT2D eigenvalue weighted by Gasteiger charge is -2.29. The first-order valence-electron chi connectivity index (χ1n) is 6.26. The van der Waals surface area contributed by atoms with Crippen LogP contribution in [0.2, 0.25) is 0 Å². The Kier molecular flexibility index (Phi) is 3.49. The van der Waals surface area contributed by atoms with Crippen LogP contribution < -0.4 is 5.73 Å². The molecule has 2 N–H and O–H groups in total. The molecule has 0 aliphatic carbocycles. The van der Waals surface area contributed by atoms with E-state index in [0.717, 1.165) is 38.3 Å². The number of likely N-dealkylation sites (tertiary alicyclic amines) is 1. The first-order chi connectivity index (χ1) is 7.95.